The standard InChI is InChI=1S/C8H14O3.C6H6O2/c1-3-9-5-7-11-8-6-10-4-2;7-5-1-2-6(8)4-3-5/h3-4H,1-2,5-8H2;1-4,7-8H. The van der Waals surface area contributed by atoms with E-state index < -0.39 is 0 Å². The van der Waals surface area contributed by atoms with Gasteiger partial charge in [-0.15, -0.1) is 0 Å². The molecule has 1 aromatic carbocycles. The summed E-state index contributed by atoms with van der Waals surface area (Å²) in [7, 11) is 0. The molecule has 0 aliphatic rings. The second-order valence-corrected chi connectivity index (χ2v) is 3.20. The molecule has 2 N–H and O–H groups in total. The van der Waals surface area contributed by atoms with Crippen molar-refractivity contribution in [2.45, 2.75) is 0 Å². The van der Waals surface area contributed by atoms with Gasteiger partial charge >= 0.3 is 0 Å². The van der Waals surface area contributed by atoms with Gasteiger partial charge in [0.25, 0.3) is 0 Å². The van der Waals surface area contributed by atoms with Crippen molar-refractivity contribution in [3.8, 4) is 11.5 Å². The molecule has 0 aromatic heterocycles. The largest absolute Gasteiger partial charge is 0.508 e. The van der Waals surface area contributed by atoms with Crippen LogP contribution in [-0.4, -0.2) is 36.6 Å². The number of ether oxygens (including phenoxy) is 3. The molecule has 0 saturated carbocycles. The van der Waals surface area contributed by atoms with Gasteiger partial charge in [-0.3, -0.25) is 0 Å². The number of hydrogen-bond acceptors (Lipinski definition) is 5. The normalized spacial score (nSPS) is 8.84. The Hall–Kier alpha value is -2.14. The van der Waals surface area contributed by atoms with Crippen molar-refractivity contribution in [3.63, 3.8) is 0 Å². The molecular formula is C14H20O5. The summed E-state index contributed by atoms with van der Waals surface area (Å²) in [4.78, 5) is 0. The first-order valence-corrected chi connectivity index (χ1v) is 5.71. The minimum absolute atomic E-state index is 0.169. The monoisotopic (exact) mass is 268 g/mol. The van der Waals surface area contributed by atoms with E-state index in [2.05, 4.69) is 13.2 Å². The van der Waals surface area contributed by atoms with Crippen molar-refractivity contribution in [2.75, 3.05) is 26.4 Å². The number of phenols is 2. The molecule has 0 aliphatic carbocycles. The molecule has 106 valence electrons. The van der Waals surface area contributed by atoms with E-state index in [1.807, 2.05) is 0 Å². The van der Waals surface area contributed by atoms with Gasteiger partial charge in [-0.2, -0.15) is 0 Å². The molecule has 1 aromatic rings. The second kappa shape index (κ2) is 12.3. The lowest BCUT2D eigenvalue weighted by molar-refractivity contribution is 0.0560. The fourth-order valence-electron chi connectivity index (χ4n) is 0.935. The summed E-state index contributed by atoms with van der Waals surface area (Å²) in [5.41, 5.74) is 0. The summed E-state index contributed by atoms with van der Waals surface area (Å²) in [5, 5.41) is 17.3. The Labute approximate surface area is 113 Å². The first-order valence-electron chi connectivity index (χ1n) is 5.71. The quantitative estimate of drug-likeness (QED) is 0.430. The Balaban J connectivity index is 0.000000356. The van der Waals surface area contributed by atoms with Crippen molar-refractivity contribution in [1.29, 1.82) is 0 Å². The predicted molar refractivity (Wildman–Crippen MR) is 72.9 cm³/mol. The minimum Gasteiger partial charge on any atom is -0.508 e. The van der Waals surface area contributed by atoms with Crippen LogP contribution in [0.2, 0.25) is 0 Å². The fraction of sp³-hybridized carbons (Fsp3) is 0.286. The van der Waals surface area contributed by atoms with Gasteiger partial charge in [0, 0.05) is 0 Å². The molecular weight excluding hydrogens is 248 g/mol. The Morgan fingerprint density at radius 3 is 1.47 bits per heavy atom. The molecule has 0 unspecified atom stereocenters. The third kappa shape index (κ3) is 12.1. The van der Waals surface area contributed by atoms with Crippen molar-refractivity contribution in [3.05, 3.63) is 49.9 Å². The topological polar surface area (TPSA) is 68.2 Å². The van der Waals surface area contributed by atoms with Crippen LogP contribution >= 0.6 is 0 Å². The second-order valence-electron chi connectivity index (χ2n) is 3.20. The van der Waals surface area contributed by atoms with Crippen molar-refractivity contribution >= 4 is 0 Å². The summed E-state index contributed by atoms with van der Waals surface area (Å²) in [6, 6.07) is 5.70. The van der Waals surface area contributed by atoms with Gasteiger partial charge < -0.3 is 24.4 Å². The van der Waals surface area contributed by atoms with E-state index in [-0.39, 0.29) is 11.5 Å². The van der Waals surface area contributed by atoms with Crippen molar-refractivity contribution in [1.82, 2.24) is 0 Å². The lowest BCUT2D eigenvalue weighted by Gasteiger charge is -2.02. The number of benzene rings is 1. The van der Waals surface area contributed by atoms with E-state index in [1.54, 1.807) is 0 Å². The maximum Gasteiger partial charge on any atom is 0.115 e. The van der Waals surface area contributed by atoms with Gasteiger partial charge in [-0.25, -0.2) is 0 Å². The van der Waals surface area contributed by atoms with Crippen LogP contribution in [0.5, 0.6) is 11.5 Å². The van der Waals surface area contributed by atoms with E-state index in [0.29, 0.717) is 26.4 Å². The first-order chi connectivity index (χ1) is 9.20. The van der Waals surface area contributed by atoms with E-state index in [0.717, 1.165) is 0 Å². The number of aromatic hydroxyl groups is 2. The van der Waals surface area contributed by atoms with E-state index in [4.69, 9.17) is 24.4 Å². The zero-order chi connectivity index (χ0) is 14.3. The predicted octanol–water partition coefficient (Wildman–Crippen LogP) is 2.42. The summed E-state index contributed by atoms with van der Waals surface area (Å²) >= 11 is 0. The average Bonchev–Trinajstić information content (AvgIpc) is 2.42. The highest BCUT2D eigenvalue weighted by Gasteiger charge is 1.86. The van der Waals surface area contributed by atoms with Gasteiger partial charge in [-0.05, 0) is 24.3 Å². The lowest BCUT2D eigenvalue weighted by Crippen LogP contribution is -2.06. The molecule has 19 heavy (non-hydrogen) atoms. The molecule has 0 heterocycles. The average molecular weight is 268 g/mol. The number of phenolic OH excluding ortho intramolecular Hbond substituents is 2. The molecule has 0 spiro atoms. The highest BCUT2D eigenvalue weighted by atomic mass is 16.5. The first kappa shape index (κ1) is 16.9. The lowest BCUT2D eigenvalue weighted by atomic mass is 10.3. The van der Waals surface area contributed by atoms with Crippen LogP contribution in [0.25, 0.3) is 0 Å². The zero-order valence-electron chi connectivity index (χ0n) is 10.8. The van der Waals surface area contributed by atoms with Crippen LogP contribution in [0.4, 0.5) is 0 Å². The van der Waals surface area contributed by atoms with E-state index >= 15 is 0 Å². The van der Waals surface area contributed by atoms with Gasteiger partial charge in [-0.1, -0.05) is 13.2 Å². The Morgan fingerprint density at radius 2 is 1.16 bits per heavy atom. The molecule has 0 saturated heterocycles. The summed E-state index contributed by atoms with van der Waals surface area (Å²) in [6.07, 6.45) is 2.78. The van der Waals surface area contributed by atoms with Crippen LogP contribution in [0.3, 0.4) is 0 Å². The van der Waals surface area contributed by atoms with Crippen LogP contribution in [0.1, 0.15) is 0 Å². The fourth-order valence-corrected chi connectivity index (χ4v) is 0.935. The minimum atomic E-state index is 0.169. The molecule has 5 heteroatoms. The van der Waals surface area contributed by atoms with Crippen LogP contribution in [-0.2, 0) is 14.2 Å². The third-order valence-corrected chi connectivity index (χ3v) is 1.78. The SMILES string of the molecule is C=COCCOCCOC=C.Oc1ccc(O)cc1. The Kier molecular flexibility index (Phi) is 10.9. The van der Waals surface area contributed by atoms with Gasteiger partial charge in [0.15, 0.2) is 0 Å². The van der Waals surface area contributed by atoms with Crippen molar-refractivity contribution in [2.24, 2.45) is 0 Å². The molecule has 0 fully saturated rings. The highest BCUT2D eigenvalue weighted by molar-refractivity contribution is 5.28. The van der Waals surface area contributed by atoms with Gasteiger partial charge in [0.2, 0.25) is 0 Å². The van der Waals surface area contributed by atoms with Gasteiger partial charge in [0.1, 0.15) is 24.7 Å². The van der Waals surface area contributed by atoms with Crippen molar-refractivity contribution < 1.29 is 24.4 Å². The van der Waals surface area contributed by atoms with Crippen LogP contribution in [0.15, 0.2) is 49.9 Å². The number of rotatable bonds is 8. The van der Waals surface area contributed by atoms with Crippen LogP contribution in [0, 0.1) is 0 Å². The van der Waals surface area contributed by atoms with Crippen LogP contribution < -0.4 is 0 Å². The Bertz CT molecular complexity index is 301. The Morgan fingerprint density at radius 1 is 0.789 bits per heavy atom. The molecule has 0 amide bonds. The third-order valence-electron chi connectivity index (χ3n) is 1.78. The molecule has 5 nitrogen and oxygen atoms in total. The van der Waals surface area contributed by atoms with Gasteiger partial charge in [0.05, 0.1) is 25.7 Å². The maximum absolute atomic E-state index is 8.65. The smallest absolute Gasteiger partial charge is 0.115 e. The summed E-state index contributed by atoms with van der Waals surface area (Å²) < 4.78 is 14.7. The van der Waals surface area contributed by atoms with E-state index in [1.165, 1.54) is 36.8 Å². The molecule has 0 aliphatic heterocycles. The molecule has 0 bridgehead atoms. The summed E-state index contributed by atoms with van der Waals surface area (Å²) in [6.45, 7) is 8.99. The van der Waals surface area contributed by atoms with E-state index in [9.17, 15) is 0 Å². The maximum atomic E-state index is 8.65. The summed E-state index contributed by atoms with van der Waals surface area (Å²) in [5.74, 6) is 0.339. The molecule has 0 atom stereocenters. The molecule has 0 radical (unpaired) electrons. The highest BCUT2D eigenvalue weighted by Crippen LogP contribution is 2.13. The zero-order valence-corrected chi connectivity index (χ0v) is 10.8. The number of hydrogen-bond donors (Lipinski definition) is 2. The molecule has 1 rings (SSSR count).